The van der Waals surface area contributed by atoms with Crippen LogP contribution in [0.25, 0.3) is 0 Å². The molecule has 1 saturated carbocycles. The van der Waals surface area contributed by atoms with Gasteiger partial charge >= 0.3 is 0 Å². The van der Waals surface area contributed by atoms with Crippen molar-refractivity contribution in [3.63, 3.8) is 0 Å². The summed E-state index contributed by atoms with van der Waals surface area (Å²) in [5, 5.41) is 7.01. The van der Waals surface area contributed by atoms with E-state index in [-0.39, 0.29) is 24.0 Å². The van der Waals surface area contributed by atoms with Crippen LogP contribution >= 0.6 is 24.0 Å². The van der Waals surface area contributed by atoms with Gasteiger partial charge in [0.05, 0.1) is 0 Å². The van der Waals surface area contributed by atoms with E-state index in [2.05, 4.69) is 50.3 Å². The highest BCUT2D eigenvalue weighted by Crippen LogP contribution is 2.23. The zero-order chi connectivity index (χ0) is 16.4. The highest BCUT2D eigenvalue weighted by Gasteiger charge is 2.18. The highest BCUT2D eigenvalue weighted by atomic mass is 127. The summed E-state index contributed by atoms with van der Waals surface area (Å²) in [4.78, 5) is 7.14. The van der Waals surface area contributed by atoms with Crippen LogP contribution in [-0.2, 0) is 0 Å². The Bertz CT molecular complexity index is 312. The first-order chi connectivity index (χ1) is 10.5. The highest BCUT2D eigenvalue weighted by molar-refractivity contribution is 14.0. The molecule has 138 valence electrons. The Hall–Kier alpha value is -0.0400. The predicted octanol–water partition coefficient (Wildman–Crippen LogP) is 3.86. The smallest absolute Gasteiger partial charge is 0.191 e. The van der Waals surface area contributed by atoms with Crippen LogP contribution in [0, 0.1) is 5.92 Å². The van der Waals surface area contributed by atoms with Gasteiger partial charge in [-0.3, -0.25) is 4.99 Å². The summed E-state index contributed by atoms with van der Waals surface area (Å²) in [5.41, 5.74) is 0. The molecule has 2 N–H and O–H groups in total. The summed E-state index contributed by atoms with van der Waals surface area (Å²) in [5.74, 6) is 1.91. The first kappa shape index (κ1) is 23.0. The van der Waals surface area contributed by atoms with E-state index in [9.17, 15) is 0 Å². The molecule has 1 aliphatic rings. The van der Waals surface area contributed by atoms with Crippen LogP contribution < -0.4 is 10.6 Å². The summed E-state index contributed by atoms with van der Waals surface area (Å²) in [6.45, 7) is 12.0. The largest absolute Gasteiger partial charge is 0.357 e. The van der Waals surface area contributed by atoms with Crippen LogP contribution in [0.4, 0.5) is 0 Å². The summed E-state index contributed by atoms with van der Waals surface area (Å²) in [7, 11) is 2.20. The van der Waals surface area contributed by atoms with Crippen LogP contribution in [-0.4, -0.2) is 49.6 Å². The number of guanidine groups is 1. The fourth-order valence-electron chi connectivity index (χ4n) is 2.84. The molecule has 1 fully saturated rings. The normalized spacial score (nSPS) is 22.1. The molecule has 1 aliphatic carbocycles. The third kappa shape index (κ3) is 10.4. The molecule has 0 spiro atoms. The Morgan fingerprint density at radius 2 is 1.83 bits per heavy atom. The summed E-state index contributed by atoms with van der Waals surface area (Å²) < 4.78 is 0. The molecular formula is C18H39IN4. The van der Waals surface area contributed by atoms with Gasteiger partial charge in [-0.15, -0.1) is 24.0 Å². The van der Waals surface area contributed by atoms with Gasteiger partial charge in [0, 0.05) is 25.2 Å². The van der Waals surface area contributed by atoms with Crippen molar-refractivity contribution in [1.29, 1.82) is 0 Å². The van der Waals surface area contributed by atoms with Crippen molar-refractivity contribution < 1.29 is 0 Å². The predicted molar refractivity (Wildman–Crippen MR) is 113 cm³/mol. The zero-order valence-electron chi connectivity index (χ0n) is 15.9. The number of rotatable bonds is 8. The average Bonchev–Trinajstić information content (AvgIpc) is 2.49. The Labute approximate surface area is 161 Å². The second kappa shape index (κ2) is 13.3. The molecular weight excluding hydrogens is 399 g/mol. The van der Waals surface area contributed by atoms with E-state index in [1.807, 2.05) is 0 Å². The maximum atomic E-state index is 4.74. The average molecular weight is 438 g/mol. The Morgan fingerprint density at radius 3 is 2.39 bits per heavy atom. The van der Waals surface area contributed by atoms with Gasteiger partial charge in [0.25, 0.3) is 0 Å². The first-order valence-electron chi connectivity index (χ1n) is 9.28. The topological polar surface area (TPSA) is 39.7 Å². The first-order valence-corrected chi connectivity index (χ1v) is 9.28. The number of unbranched alkanes of at least 4 members (excludes halogenated alkanes) is 1. The Kier molecular flexibility index (Phi) is 13.3. The second-order valence-electron chi connectivity index (χ2n) is 7.14. The Morgan fingerprint density at radius 1 is 1.17 bits per heavy atom. The molecule has 4 nitrogen and oxygen atoms in total. The number of halogens is 1. The summed E-state index contributed by atoms with van der Waals surface area (Å²) in [6, 6.07) is 1.25. The van der Waals surface area contributed by atoms with Crippen LogP contribution in [0.2, 0.25) is 0 Å². The van der Waals surface area contributed by atoms with E-state index in [1.54, 1.807) is 0 Å². The number of hydrogen-bond acceptors (Lipinski definition) is 2. The minimum absolute atomic E-state index is 0. The van der Waals surface area contributed by atoms with Gasteiger partial charge in [-0.2, -0.15) is 0 Å². The Balaban J connectivity index is 0.00000484. The molecule has 0 heterocycles. The van der Waals surface area contributed by atoms with Crippen molar-refractivity contribution in [2.24, 2.45) is 10.9 Å². The van der Waals surface area contributed by atoms with E-state index in [1.165, 1.54) is 32.1 Å². The van der Waals surface area contributed by atoms with Gasteiger partial charge < -0.3 is 15.5 Å². The minimum atomic E-state index is 0. The van der Waals surface area contributed by atoms with E-state index in [4.69, 9.17) is 4.99 Å². The molecule has 0 saturated heterocycles. The van der Waals surface area contributed by atoms with Crippen molar-refractivity contribution in [3.8, 4) is 0 Å². The quantitative estimate of drug-likeness (QED) is 0.262. The summed E-state index contributed by atoms with van der Waals surface area (Å²) >= 11 is 0. The second-order valence-corrected chi connectivity index (χ2v) is 7.14. The maximum absolute atomic E-state index is 4.74. The lowest BCUT2D eigenvalue weighted by Crippen LogP contribution is -2.44. The molecule has 0 aliphatic heterocycles. The molecule has 1 rings (SSSR count). The zero-order valence-corrected chi connectivity index (χ0v) is 18.2. The van der Waals surface area contributed by atoms with Crippen molar-refractivity contribution in [2.45, 2.75) is 78.3 Å². The fourth-order valence-corrected chi connectivity index (χ4v) is 2.84. The molecule has 0 aromatic carbocycles. The van der Waals surface area contributed by atoms with Gasteiger partial charge in [0.15, 0.2) is 5.96 Å². The van der Waals surface area contributed by atoms with Crippen LogP contribution in [0.5, 0.6) is 0 Å². The lowest BCUT2D eigenvalue weighted by atomic mass is 9.87. The fraction of sp³-hybridized carbons (Fsp3) is 0.944. The van der Waals surface area contributed by atoms with E-state index in [0.717, 1.165) is 37.9 Å². The number of aliphatic imine (C=N–C) groups is 1. The van der Waals surface area contributed by atoms with Gasteiger partial charge in [-0.05, 0) is 78.8 Å². The number of hydrogen-bond donors (Lipinski definition) is 2. The van der Waals surface area contributed by atoms with Crippen LogP contribution in [0.15, 0.2) is 4.99 Å². The number of nitrogens with one attached hydrogen (secondary N) is 2. The molecule has 0 unspecified atom stereocenters. The molecule has 0 radical (unpaired) electrons. The van der Waals surface area contributed by atoms with E-state index < -0.39 is 0 Å². The van der Waals surface area contributed by atoms with Crippen molar-refractivity contribution in [2.75, 3.05) is 26.7 Å². The van der Waals surface area contributed by atoms with Gasteiger partial charge in [0.1, 0.15) is 0 Å². The van der Waals surface area contributed by atoms with Crippen molar-refractivity contribution in [1.82, 2.24) is 15.5 Å². The maximum Gasteiger partial charge on any atom is 0.191 e. The van der Waals surface area contributed by atoms with Crippen LogP contribution in [0.1, 0.15) is 66.2 Å². The molecule has 5 heteroatoms. The molecule has 0 atom stereocenters. The van der Waals surface area contributed by atoms with Gasteiger partial charge in [-0.25, -0.2) is 0 Å². The molecule has 0 aromatic heterocycles. The monoisotopic (exact) mass is 438 g/mol. The van der Waals surface area contributed by atoms with Gasteiger partial charge in [0.2, 0.25) is 0 Å². The van der Waals surface area contributed by atoms with Gasteiger partial charge in [-0.1, -0.05) is 6.92 Å². The third-order valence-electron chi connectivity index (χ3n) is 4.77. The molecule has 0 bridgehead atoms. The molecule has 0 aromatic rings. The minimum Gasteiger partial charge on any atom is -0.357 e. The van der Waals surface area contributed by atoms with E-state index in [0.29, 0.717) is 12.1 Å². The molecule has 0 amide bonds. The SMILES string of the molecule is CCNC(=NCCCCN(C)C(C)C)NC1CCC(C)CC1.I. The third-order valence-corrected chi connectivity index (χ3v) is 4.77. The van der Waals surface area contributed by atoms with E-state index >= 15 is 0 Å². The lowest BCUT2D eigenvalue weighted by Gasteiger charge is -2.28. The van der Waals surface area contributed by atoms with Crippen molar-refractivity contribution >= 4 is 29.9 Å². The summed E-state index contributed by atoms with van der Waals surface area (Å²) in [6.07, 6.45) is 7.64. The van der Waals surface area contributed by atoms with Crippen LogP contribution in [0.3, 0.4) is 0 Å². The van der Waals surface area contributed by atoms with Crippen molar-refractivity contribution in [3.05, 3.63) is 0 Å². The number of nitrogens with zero attached hydrogens (tertiary/aromatic N) is 2. The standard InChI is InChI=1S/C18H38N4.HI/c1-6-19-18(21-17-11-9-16(4)10-12-17)20-13-7-8-14-22(5)15(2)3;/h15-17H,6-14H2,1-5H3,(H2,19,20,21);1H. The lowest BCUT2D eigenvalue weighted by molar-refractivity contribution is 0.269. The molecule has 23 heavy (non-hydrogen) atoms.